The van der Waals surface area contributed by atoms with E-state index in [4.69, 9.17) is 0 Å². The van der Waals surface area contributed by atoms with Gasteiger partial charge in [0.15, 0.2) is 0 Å². The maximum absolute atomic E-state index is 13.7. The molecule has 0 bridgehead atoms. The lowest BCUT2D eigenvalue weighted by Gasteiger charge is -2.48. The molecule has 1 aromatic carbocycles. The maximum atomic E-state index is 13.7. The van der Waals surface area contributed by atoms with Crippen LogP contribution in [0.25, 0.3) is 0 Å². The Morgan fingerprint density at radius 3 is 2.39 bits per heavy atom. The summed E-state index contributed by atoms with van der Waals surface area (Å²) in [5, 5.41) is -0.656. The van der Waals surface area contributed by atoms with Gasteiger partial charge in [0.05, 0.1) is 11.6 Å². The quantitative estimate of drug-likeness (QED) is 0.541. The molecule has 1 aliphatic carbocycles. The molecule has 1 N–H and O–H groups in total. The van der Waals surface area contributed by atoms with Gasteiger partial charge in [0, 0.05) is 32.0 Å². The van der Waals surface area contributed by atoms with Crippen LogP contribution in [-0.4, -0.2) is 53.2 Å². The SMILES string of the molecule is CC(C)S(=O)(=O)N[C@H](Cc1ccc(F)cc1)C(=O)N1CCC(Cn2ccnc2)(C2CCCCC2)CC1. The Morgan fingerprint density at radius 2 is 1.81 bits per heavy atom. The van der Waals surface area contributed by atoms with Crippen LogP contribution in [0, 0.1) is 17.2 Å². The van der Waals surface area contributed by atoms with Gasteiger partial charge in [0.1, 0.15) is 11.9 Å². The number of hydrogen-bond acceptors (Lipinski definition) is 4. The average Bonchev–Trinajstić information content (AvgIpc) is 3.38. The molecule has 2 fully saturated rings. The average molecular weight is 519 g/mol. The summed E-state index contributed by atoms with van der Waals surface area (Å²) in [7, 11) is -3.67. The second kappa shape index (κ2) is 11.4. The second-order valence-corrected chi connectivity index (χ2v) is 13.1. The van der Waals surface area contributed by atoms with Crippen molar-refractivity contribution in [3.8, 4) is 0 Å². The van der Waals surface area contributed by atoms with Crippen LogP contribution < -0.4 is 4.72 Å². The Bertz CT molecular complexity index is 1090. The third-order valence-electron chi connectivity index (χ3n) is 8.18. The second-order valence-electron chi connectivity index (χ2n) is 10.9. The van der Waals surface area contributed by atoms with E-state index in [-0.39, 0.29) is 23.6 Å². The molecule has 2 heterocycles. The van der Waals surface area contributed by atoms with Gasteiger partial charge >= 0.3 is 0 Å². The number of carbonyl (C=O) groups excluding carboxylic acids is 1. The van der Waals surface area contributed by atoms with E-state index in [0.29, 0.717) is 19.0 Å². The number of hydrogen-bond donors (Lipinski definition) is 1. The minimum atomic E-state index is -3.67. The molecule has 0 radical (unpaired) electrons. The first-order valence-electron chi connectivity index (χ1n) is 13.2. The summed E-state index contributed by atoms with van der Waals surface area (Å²) in [5.41, 5.74) is 0.830. The predicted octanol–water partition coefficient (Wildman–Crippen LogP) is 4.15. The van der Waals surface area contributed by atoms with Crippen molar-refractivity contribution in [3.05, 3.63) is 54.4 Å². The van der Waals surface area contributed by atoms with Crippen molar-refractivity contribution in [1.82, 2.24) is 19.2 Å². The molecule has 1 saturated heterocycles. The van der Waals surface area contributed by atoms with Crippen molar-refractivity contribution < 1.29 is 17.6 Å². The molecule has 1 atom stereocenters. The number of amides is 1. The van der Waals surface area contributed by atoms with E-state index >= 15 is 0 Å². The zero-order valence-corrected chi connectivity index (χ0v) is 22.2. The molecule has 2 aromatic rings. The third kappa shape index (κ3) is 6.35. The highest BCUT2D eigenvalue weighted by Crippen LogP contribution is 2.47. The molecule has 4 rings (SSSR count). The molecule has 1 aromatic heterocycles. The molecule has 2 aliphatic rings. The van der Waals surface area contributed by atoms with Crippen LogP contribution in [0.5, 0.6) is 0 Å². The fourth-order valence-electron chi connectivity index (χ4n) is 5.92. The van der Waals surface area contributed by atoms with Crippen molar-refractivity contribution in [3.63, 3.8) is 0 Å². The van der Waals surface area contributed by atoms with E-state index in [1.807, 2.05) is 23.6 Å². The number of sulfonamides is 1. The van der Waals surface area contributed by atoms with Crippen molar-refractivity contribution >= 4 is 15.9 Å². The number of piperidine rings is 1. The summed E-state index contributed by atoms with van der Waals surface area (Å²) < 4.78 is 43.7. The fourth-order valence-corrected chi connectivity index (χ4v) is 6.77. The molecule has 1 aliphatic heterocycles. The Kier molecular flexibility index (Phi) is 8.50. The summed E-state index contributed by atoms with van der Waals surface area (Å²) in [4.78, 5) is 19.7. The van der Waals surface area contributed by atoms with Gasteiger partial charge in [-0.1, -0.05) is 31.4 Å². The van der Waals surface area contributed by atoms with Crippen LogP contribution in [0.2, 0.25) is 0 Å². The van der Waals surface area contributed by atoms with Gasteiger partial charge in [0.2, 0.25) is 15.9 Å². The molecule has 1 amide bonds. The number of rotatable bonds is 9. The molecule has 1 saturated carbocycles. The van der Waals surface area contributed by atoms with Crippen LogP contribution in [-0.2, 0) is 27.8 Å². The molecular formula is C27H39FN4O3S. The van der Waals surface area contributed by atoms with E-state index in [1.165, 1.54) is 44.2 Å². The summed E-state index contributed by atoms with van der Waals surface area (Å²) in [6.07, 6.45) is 13.9. The fraction of sp³-hybridized carbons (Fsp3) is 0.630. The van der Waals surface area contributed by atoms with Crippen LogP contribution in [0.4, 0.5) is 4.39 Å². The van der Waals surface area contributed by atoms with Gasteiger partial charge < -0.3 is 9.47 Å². The molecule has 0 spiro atoms. The molecule has 0 unspecified atom stereocenters. The number of likely N-dealkylation sites (tertiary alicyclic amines) is 1. The first kappa shape index (κ1) is 26.8. The standard InChI is InChI=1S/C27H39FN4O3S/c1-21(2)36(34,35)30-25(18-22-8-10-24(28)11-9-22)26(33)32-15-12-27(13-16-32,19-31-17-14-29-20-31)23-6-4-3-5-7-23/h8-11,14,17,20-21,23,25,30H,3-7,12-13,15-16,18-19H2,1-2H3/t25-/m1/s1. The van der Waals surface area contributed by atoms with Crippen molar-refractivity contribution in [2.24, 2.45) is 11.3 Å². The molecular weight excluding hydrogens is 479 g/mol. The largest absolute Gasteiger partial charge is 0.341 e. The highest BCUT2D eigenvalue weighted by molar-refractivity contribution is 7.90. The zero-order chi connectivity index (χ0) is 25.8. The Hall–Kier alpha value is -2.26. The van der Waals surface area contributed by atoms with Crippen LogP contribution >= 0.6 is 0 Å². The van der Waals surface area contributed by atoms with Gasteiger partial charge in [-0.15, -0.1) is 0 Å². The minimum Gasteiger partial charge on any atom is -0.341 e. The highest BCUT2D eigenvalue weighted by atomic mass is 32.2. The third-order valence-corrected chi connectivity index (χ3v) is 10.0. The first-order valence-corrected chi connectivity index (χ1v) is 14.7. The highest BCUT2D eigenvalue weighted by Gasteiger charge is 2.43. The number of nitrogens with one attached hydrogen (secondary N) is 1. The smallest absolute Gasteiger partial charge is 0.241 e. The number of aromatic nitrogens is 2. The van der Waals surface area contributed by atoms with Crippen molar-refractivity contribution in [1.29, 1.82) is 0 Å². The van der Waals surface area contributed by atoms with Gasteiger partial charge in [-0.3, -0.25) is 4.79 Å². The molecule has 9 heteroatoms. The number of halogens is 1. The molecule has 198 valence electrons. The van der Waals surface area contributed by atoms with Crippen molar-refractivity contribution in [2.75, 3.05) is 13.1 Å². The number of benzene rings is 1. The van der Waals surface area contributed by atoms with E-state index in [0.717, 1.165) is 24.9 Å². The Labute approximate surface area is 214 Å². The Balaban J connectivity index is 1.51. The zero-order valence-electron chi connectivity index (χ0n) is 21.4. The van der Waals surface area contributed by atoms with E-state index in [1.54, 1.807) is 26.0 Å². The molecule has 36 heavy (non-hydrogen) atoms. The van der Waals surface area contributed by atoms with Gasteiger partial charge in [-0.05, 0) is 75.0 Å². The number of carbonyl (C=O) groups is 1. The van der Waals surface area contributed by atoms with Crippen LogP contribution in [0.1, 0.15) is 64.4 Å². The summed E-state index contributed by atoms with van der Waals surface area (Å²) >= 11 is 0. The Morgan fingerprint density at radius 1 is 1.14 bits per heavy atom. The topological polar surface area (TPSA) is 84.3 Å². The number of nitrogens with zero attached hydrogens (tertiary/aromatic N) is 3. The lowest BCUT2D eigenvalue weighted by atomic mass is 9.63. The van der Waals surface area contributed by atoms with Crippen LogP contribution in [0.15, 0.2) is 43.0 Å². The normalized spacial score (nSPS) is 19.9. The lowest BCUT2D eigenvalue weighted by Crippen LogP contribution is -2.55. The van der Waals surface area contributed by atoms with Gasteiger partial charge in [-0.2, -0.15) is 0 Å². The number of imidazole rings is 1. The first-order chi connectivity index (χ1) is 17.2. The van der Waals surface area contributed by atoms with E-state index < -0.39 is 21.3 Å². The lowest BCUT2D eigenvalue weighted by molar-refractivity contribution is -0.136. The predicted molar refractivity (Wildman–Crippen MR) is 138 cm³/mol. The summed E-state index contributed by atoms with van der Waals surface area (Å²) in [6, 6.07) is 4.97. The summed E-state index contributed by atoms with van der Waals surface area (Å²) in [5.74, 6) is 0.0566. The van der Waals surface area contributed by atoms with E-state index in [9.17, 15) is 17.6 Å². The van der Waals surface area contributed by atoms with Crippen LogP contribution in [0.3, 0.4) is 0 Å². The van der Waals surface area contributed by atoms with Gasteiger partial charge in [-0.25, -0.2) is 22.5 Å². The molecule has 7 nitrogen and oxygen atoms in total. The summed E-state index contributed by atoms with van der Waals surface area (Å²) in [6.45, 7) is 5.30. The van der Waals surface area contributed by atoms with Gasteiger partial charge in [0.25, 0.3) is 0 Å². The van der Waals surface area contributed by atoms with E-state index in [2.05, 4.69) is 14.3 Å². The minimum absolute atomic E-state index is 0.113. The monoisotopic (exact) mass is 518 g/mol. The van der Waals surface area contributed by atoms with Crippen molar-refractivity contribution in [2.45, 2.75) is 83.1 Å². The maximum Gasteiger partial charge on any atom is 0.241 e.